The lowest BCUT2D eigenvalue weighted by Crippen LogP contribution is -2.36. The van der Waals surface area contributed by atoms with Crippen molar-refractivity contribution in [3.8, 4) is 17.2 Å². The van der Waals surface area contributed by atoms with Crippen molar-refractivity contribution in [2.45, 2.75) is 25.0 Å². The highest BCUT2D eigenvalue weighted by Gasteiger charge is 2.29. The Morgan fingerprint density at radius 3 is 2.47 bits per heavy atom. The smallest absolute Gasteiger partial charge is 0.311 e. The van der Waals surface area contributed by atoms with Gasteiger partial charge in [-0.25, -0.2) is 0 Å². The van der Waals surface area contributed by atoms with Crippen LogP contribution in [0.15, 0.2) is 60.7 Å². The molecule has 1 amide bonds. The largest absolute Gasteiger partial charge is 0.493 e. The number of carboxylic acid groups (broad SMARTS) is 1. The molecule has 34 heavy (non-hydrogen) atoms. The maximum atomic E-state index is 12.5. The minimum atomic E-state index is -1.06. The standard InChI is InChI=1S/C25H21Cl2NO6/c26-16-5-1-14(2-6-16)11-23(29)28-24(30)15-3-7-17(8-4-15)34-22-13-21-19(12-20(22)27)18(25(31)32)9-10-33-21/h1-8,12-13,18,23,29H,9-11H2,(H,28,30)(H,31,32). The third kappa shape index (κ3) is 5.62. The van der Waals surface area contributed by atoms with Crippen molar-refractivity contribution in [1.82, 2.24) is 5.32 Å². The van der Waals surface area contributed by atoms with Gasteiger partial charge in [0.2, 0.25) is 0 Å². The Morgan fingerprint density at radius 2 is 1.79 bits per heavy atom. The van der Waals surface area contributed by atoms with E-state index in [2.05, 4.69) is 5.32 Å². The van der Waals surface area contributed by atoms with E-state index in [1.807, 2.05) is 0 Å². The van der Waals surface area contributed by atoms with Crippen molar-refractivity contribution < 1.29 is 29.3 Å². The first kappa shape index (κ1) is 23.9. The lowest BCUT2D eigenvalue weighted by molar-refractivity contribution is -0.139. The van der Waals surface area contributed by atoms with Gasteiger partial charge in [-0.15, -0.1) is 0 Å². The van der Waals surface area contributed by atoms with Crippen molar-refractivity contribution in [3.05, 3.63) is 87.4 Å². The minimum absolute atomic E-state index is 0.242. The fraction of sp³-hybridized carbons (Fsp3) is 0.200. The van der Waals surface area contributed by atoms with Gasteiger partial charge in [0.1, 0.15) is 23.5 Å². The molecule has 3 N–H and O–H groups in total. The first-order valence-corrected chi connectivity index (χ1v) is 11.3. The molecule has 0 bridgehead atoms. The molecule has 7 nitrogen and oxygen atoms in total. The number of ether oxygens (including phenoxy) is 2. The number of aliphatic carboxylic acids is 1. The third-order valence-corrected chi connectivity index (χ3v) is 5.93. The van der Waals surface area contributed by atoms with Gasteiger partial charge >= 0.3 is 5.97 Å². The van der Waals surface area contributed by atoms with Crippen LogP contribution in [0.5, 0.6) is 17.2 Å². The van der Waals surface area contributed by atoms with Crippen LogP contribution in [-0.4, -0.2) is 34.9 Å². The number of carboxylic acids is 1. The van der Waals surface area contributed by atoms with Crippen LogP contribution in [0, 0.1) is 0 Å². The van der Waals surface area contributed by atoms with E-state index in [1.54, 1.807) is 60.7 Å². The predicted octanol–water partition coefficient (Wildman–Crippen LogP) is 5.03. The number of benzene rings is 3. The van der Waals surface area contributed by atoms with E-state index >= 15 is 0 Å². The number of fused-ring (bicyclic) bond motifs is 1. The molecule has 1 aliphatic rings. The zero-order valence-electron chi connectivity index (χ0n) is 17.8. The van der Waals surface area contributed by atoms with Crippen LogP contribution in [0.1, 0.15) is 33.8 Å². The number of nitrogens with one attached hydrogen (secondary N) is 1. The number of hydrogen-bond donors (Lipinski definition) is 3. The molecular weight excluding hydrogens is 481 g/mol. The van der Waals surface area contributed by atoms with Crippen molar-refractivity contribution in [2.24, 2.45) is 0 Å². The Kier molecular flexibility index (Phi) is 7.26. The maximum absolute atomic E-state index is 12.5. The van der Waals surface area contributed by atoms with Gasteiger partial charge in [0.05, 0.1) is 17.5 Å². The number of carbonyl (C=O) groups excluding carboxylic acids is 1. The quantitative estimate of drug-likeness (QED) is 0.392. The highest BCUT2D eigenvalue weighted by atomic mass is 35.5. The van der Waals surface area contributed by atoms with Crippen molar-refractivity contribution in [2.75, 3.05) is 6.61 Å². The van der Waals surface area contributed by atoms with Crippen LogP contribution in [0.25, 0.3) is 0 Å². The van der Waals surface area contributed by atoms with Crippen molar-refractivity contribution >= 4 is 35.1 Å². The van der Waals surface area contributed by atoms with Crippen LogP contribution in [0.4, 0.5) is 0 Å². The molecule has 4 rings (SSSR count). The van der Waals surface area contributed by atoms with E-state index in [0.717, 1.165) is 5.56 Å². The Morgan fingerprint density at radius 1 is 1.09 bits per heavy atom. The molecule has 9 heteroatoms. The van der Waals surface area contributed by atoms with Gasteiger partial charge in [-0.05, 0) is 54.4 Å². The summed E-state index contributed by atoms with van der Waals surface area (Å²) in [7, 11) is 0. The first-order valence-electron chi connectivity index (χ1n) is 10.5. The summed E-state index contributed by atoms with van der Waals surface area (Å²) in [6.45, 7) is 0.290. The van der Waals surface area contributed by atoms with E-state index in [4.69, 9.17) is 32.7 Å². The summed E-state index contributed by atoms with van der Waals surface area (Å²) in [4.78, 5) is 23.9. The molecule has 0 aliphatic carbocycles. The second-order valence-electron chi connectivity index (χ2n) is 7.79. The zero-order valence-corrected chi connectivity index (χ0v) is 19.3. The summed E-state index contributed by atoms with van der Waals surface area (Å²) in [5, 5.41) is 23.0. The van der Waals surface area contributed by atoms with Crippen LogP contribution in [0.3, 0.4) is 0 Å². The SMILES string of the molecule is O=C(NC(O)Cc1ccc(Cl)cc1)c1ccc(Oc2cc3c(cc2Cl)C(C(=O)O)CCO3)cc1. The van der Waals surface area contributed by atoms with Crippen molar-refractivity contribution in [1.29, 1.82) is 0 Å². The van der Waals surface area contributed by atoms with Gasteiger partial charge < -0.3 is 25.0 Å². The molecule has 0 fully saturated rings. The van der Waals surface area contributed by atoms with E-state index in [9.17, 15) is 19.8 Å². The Bertz CT molecular complexity index is 1200. The Labute approximate surface area is 205 Å². The number of aliphatic hydroxyl groups excluding tert-OH is 1. The number of rotatable bonds is 7. The summed E-state index contributed by atoms with van der Waals surface area (Å²) in [6.07, 6.45) is -0.448. The van der Waals surface area contributed by atoms with E-state index in [1.165, 1.54) is 0 Å². The average molecular weight is 502 g/mol. The molecule has 3 aromatic carbocycles. The Balaban J connectivity index is 1.40. The van der Waals surface area contributed by atoms with Crippen molar-refractivity contribution in [3.63, 3.8) is 0 Å². The molecule has 1 aliphatic heterocycles. The van der Waals surface area contributed by atoms with Gasteiger partial charge in [0.25, 0.3) is 5.91 Å². The summed E-state index contributed by atoms with van der Waals surface area (Å²) in [6, 6.07) is 16.4. The monoisotopic (exact) mass is 501 g/mol. The fourth-order valence-electron chi connectivity index (χ4n) is 3.66. The summed E-state index contributed by atoms with van der Waals surface area (Å²) < 4.78 is 11.4. The third-order valence-electron chi connectivity index (χ3n) is 5.39. The van der Waals surface area contributed by atoms with E-state index in [-0.39, 0.29) is 11.4 Å². The molecule has 2 atom stereocenters. The van der Waals surface area contributed by atoms with Gasteiger partial charge in [0.15, 0.2) is 0 Å². The molecule has 0 saturated carbocycles. The number of hydrogen-bond acceptors (Lipinski definition) is 5. The molecule has 176 valence electrons. The lowest BCUT2D eigenvalue weighted by Gasteiger charge is -2.24. The maximum Gasteiger partial charge on any atom is 0.311 e. The number of carbonyl (C=O) groups is 2. The molecule has 0 spiro atoms. The second kappa shape index (κ2) is 10.3. The highest BCUT2D eigenvalue weighted by molar-refractivity contribution is 6.32. The highest BCUT2D eigenvalue weighted by Crippen LogP contribution is 2.41. The summed E-state index contributed by atoms with van der Waals surface area (Å²) in [5.41, 5.74) is 1.69. The average Bonchev–Trinajstić information content (AvgIpc) is 2.81. The van der Waals surface area contributed by atoms with Crippen LogP contribution >= 0.6 is 23.2 Å². The van der Waals surface area contributed by atoms with Crippen LogP contribution in [0.2, 0.25) is 10.0 Å². The summed E-state index contributed by atoms with van der Waals surface area (Å²) >= 11 is 12.2. The van der Waals surface area contributed by atoms with Crippen LogP contribution in [-0.2, 0) is 11.2 Å². The topological polar surface area (TPSA) is 105 Å². The van der Waals surface area contributed by atoms with E-state index < -0.39 is 24.0 Å². The van der Waals surface area contributed by atoms with Gasteiger partial charge in [-0.3, -0.25) is 9.59 Å². The molecule has 0 saturated heterocycles. The van der Waals surface area contributed by atoms with Gasteiger partial charge in [-0.2, -0.15) is 0 Å². The van der Waals surface area contributed by atoms with Gasteiger partial charge in [-0.1, -0.05) is 35.3 Å². The minimum Gasteiger partial charge on any atom is -0.493 e. The van der Waals surface area contributed by atoms with Gasteiger partial charge in [0, 0.05) is 28.6 Å². The molecule has 3 aromatic rings. The fourth-order valence-corrected chi connectivity index (χ4v) is 3.99. The molecule has 0 radical (unpaired) electrons. The normalized spacial score (nSPS) is 15.6. The van der Waals surface area contributed by atoms with E-state index in [0.29, 0.717) is 46.4 Å². The summed E-state index contributed by atoms with van der Waals surface area (Å²) in [5.74, 6) is -0.894. The first-order chi connectivity index (χ1) is 16.3. The number of halogens is 2. The molecule has 0 aromatic heterocycles. The zero-order chi connectivity index (χ0) is 24.2. The second-order valence-corrected chi connectivity index (χ2v) is 8.64. The Hall–Kier alpha value is -3.26. The molecule has 1 heterocycles. The molecular formula is C25H21Cl2NO6. The number of amides is 1. The number of aliphatic hydroxyl groups is 1. The molecule has 2 unspecified atom stereocenters. The van der Waals surface area contributed by atoms with Crippen LogP contribution < -0.4 is 14.8 Å². The lowest BCUT2D eigenvalue weighted by atomic mass is 9.93. The predicted molar refractivity (Wildman–Crippen MR) is 127 cm³/mol.